The molecule has 0 aliphatic heterocycles. The summed E-state index contributed by atoms with van der Waals surface area (Å²) < 4.78 is 19.7. The Morgan fingerprint density at radius 3 is 2.90 bits per heavy atom. The summed E-state index contributed by atoms with van der Waals surface area (Å²) in [5.74, 6) is 0.290. The zero-order chi connectivity index (χ0) is 15.0. The molecule has 1 aliphatic rings. The number of nitrogens with two attached hydrogens (primary N) is 1. The normalized spacial score (nSPS) is 13.0. The zero-order valence-electron chi connectivity index (χ0n) is 11.0. The summed E-state index contributed by atoms with van der Waals surface area (Å²) in [6, 6.07) is 6.16. The van der Waals surface area contributed by atoms with E-state index >= 15 is 0 Å². The average molecular weight is 367 g/mol. The largest absolute Gasteiger partial charge is 0.437 e. The van der Waals surface area contributed by atoms with Crippen LogP contribution in [0.2, 0.25) is 0 Å². The van der Waals surface area contributed by atoms with Gasteiger partial charge in [0.05, 0.1) is 10.0 Å². The number of halogens is 2. The van der Waals surface area contributed by atoms with E-state index < -0.39 is 0 Å². The van der Waals surface area contributed by atoms with E-state index in [0.717, 1.165) is 30.5 Å². The third-order valence-electron chi connectivity index (χ3n) is 3.38. The van der Waals surface area contributed by atoms with Crippen LogP contribution in [-0.4, -0.2) is 9.97 Å². The van der Waals surface area contributed by atoms with Crippen molar-refractivity contribution in [3.63, 3.8) is 0 Å². The molecule has 1 aliphatic carbocycles. The number of ether oxygens (including phenoxy) is 1. The lowest BCUT2D eigenvalue weighted by Crippen LogP contribution is -2.13. The Bertz CT molecular complexity index is 736. The number of thiocarbonyl (C=S) groups is 1. The highest BCUT2D eigenvalue weighted by molar-refractivity contribution is 9.10. The van der Waals surface area contributed by atoms with Gasteiger partial charge in [0.25, 0.3) is 0 Å². The van der Waals surface area contributed by atoms with E-state index in [9.17, 15) is 4.39 Å². The predicted molar refractivity (Wildman–Crippen MR) is 86.3 cm³/mol. The molecule has 1 aromatic heterocycles. The molecule has 1 aromatic carbocycles. The van der Waals surface area contributed by atoms with Gasteiger partial charge in [-0.15, -0.1) is 0 Å². The summed E-state index contributed by atoms with van der Waals surface area (Å²) in [5.41, 5.74) is 8.49. The van der Waals surface area contributed by atoms with E-state index in [1.165, 1.54) is 12.1 Å². The van der Waals surface area contributed by atoms with E-state index in [2.05, 4.69) is 20.9 Å². The predicted octanol–water partition coefficient (Wildman–Crippen LogP) is 3.90. The van der Waals surface area contributed by atoms with Gasteiger partial charge >= 0.3 is 0 Å². The fourth-order valence-electron chi connectivity index (χ4n) is 2.37. The molecule has 3 nitrogen and oxygen atoms in total. The summed E-state index contributed by atoms with van der Waals surface area (Å²) in [6.07, 6.45) is 2.95. The molecule has 0 saturated heterocycles. The number of aryl methyl sites for hydroxylation is 2. The first-order valence-corrected chi connectivity index (χ1v) is 7.70. The molecule has 6 heteroatoms. The fraction of sp³-hybridized carbons (Fsp3) is 0.200. The van der Waals surface area contributed by atoms with E-state index in [0.29, 0.717) is 21.7 Å². The van der Waals surface area contributed by atoms with Crippen molar-refractivity contribution in [2.24, 2.45) is 5.73 Å². The molecule has 0 atom stereocenters. The van der Waals surface area contributed by atoms with Crippen LogP contribution in [0, 0.1) is 5.82 Å². The second-order valence-electron chi connectivity index (χ2n) is 4.84. The molecule has 0 radical (unpaired) electrons. The van der Waals surface area contributed by atoms with Crippen molar-refractivity contribution >= 4 is 33.1 Å². The van der Waals surface area contributed by atoms with Gasteiger partial charge in [-0.2, -0.15) is 0 Å². The molecule has 0 amide bonds. The molecule has 2 aromatic rings. The van der Waals surface area contributed by atoms with Gasteiger partial charge in [-0.1, -0.05) is 12.2 Å². The van der Waals surface area contributed by atoms with Crippen molar-refractivity contribution in [3.05, 3.63) is 51.4 Å². The van der Waals surface area contributed by atoms with Crippen LogP contribution in [0.25, 0.3) is 0 Å². The van der Waals surface area contributed by atoms with Crippen LogP contribution in [0.4, 0.5) is 4.39 Å². The number of hydrogen-bond acceptors (Lipinski definition) is 3. The summed E-state index contributed by atoms with van der Waals surface area (Å²) >= 11 is 8.40. The van der Waals surface area contributed by atoms with Crippen LogP contribution in [0.1, 0.15) is 23.2 Å². The van der Waals surface area contributed by atoms with Gasteiger partial charge in [0.2, 0.25) is 5.88 Å². The van der Waals surface area contributed by atoms with Gasteiger partial charge in [-0.3, -0.25) is 0 Å². The maximum Gasteiger partial charge on any atom is 0.229 e. The van der Waals surface area contributed by atoms with Gasteiger partial charge in [0, 0.05) is 11.8 Å². The Morgan fingerprint density at radius 1 is 1.33 bits per heavy atom. The molecular weight excluding hydrogens is 355 g/mol. The minimum absolute atomic E-state index is 0.222. The van der Waals surface area contributed by atoms with E-state index in [4.69, 9.17) is 22.7 Å². The molecule has 108 valence electrons. The topological polar surface area (TPSA) is 48.1 Å². The van der Waals surface area contributed by atoms with Crippen LogP contribution in [0.5, 0.6) is 11.6 Å². The van der Waals surface area contributed by atoms with Crippen molar-refractivity contribution < 1.29 is 9.13 Å². The summed E-state index contributed by atoms with van der Waals surface area (Å²) in [4.78, 5) is 4.73. The van der Waals surface area contributed by atoms with Crippen LogP contribution in [0.15, 0.2) is 28.7 Å². The Kier molecular flexibility index (Phi) is 3.91. The number of aromatic nitrogens is 1. The minimum Gasteiger partial charge on any atom is -0.437 e. The fourth-order valence-corrected chi connectivity index (χ4v) is 2.84. The first-order valence-electron chi connectivity index (χ1n) is 6.50. The highest BCUT2D eigenvalue weighted by atomic mass is 79.9. The van der Waals surface area contributed by atoms with Crippen molar-refractivity contribution in [1.82, 2.24) is 4.98 Å². The standard InChI is InChI=1S/C15H12BrFN2OS/c16-11-5-4-9(17)7-13(11)20-15-10(14(18)21)6-8-2-1-3-12(8)19-15/h4-7H,1-3H2,(H2,18,21). The zero-order valence-corrected chi connectivity index (χ0v) is 13.4. The maximum atomic E-state index is 13.4. The lowest BCUT2D eigenvalue weighted by molar-refractivity contribution is 0.452. The molecule has 2 N–H and O–H groups in total. The Balaban J connectivity index is 2.05. The van der Waals surface area contributed by atoms with Gasteiger partial charge in [-0.25, -0.2) is 9.37 Å². The number of pyridine rings is 1. The monoisotopic (exact) mass is 366 g/mol. The average Bonchev–Trinajstić information content (AvgIpc) is 2.89. The summed E-state index contributed by atoms with van der Waals surface area (Å²) in [6.45, 7) is 0. The Hall–Kier alpha value is -1.53. The lowest BCUT2D eigenvalue weighted by atomic mass is 10.1. The molecule has 0 spiro atoms. The van der Waals surface area contributed by atoms with Gasteiger partial charge in [0.15, 0.2) is 0 Å². The molecule has 0 fully saturated rings. The van der Waals surface area contributed by atoms with Crippen molar-refractivity contribution in [2.45, 2.75) is 19.3 Å². The van der Waals surface area contributed by atoms with Crippen LogP contribution >= 0.6 is 28.1 Å². The summed E-state index contributed by atoms with van der Waals surface area (Å²) in [7, 11) is 0. The third-order valence-corrected chi connectivity index (χ3v) is 4.26. The summed E-state index contributed by atoms with van der Waals surface area (Å²) in [5, 5.41) is 0. The molecule has 0 bridgehead atoms. The number of rotatable bonds is 3. The second-order valence-corrected chi connectivity index (χ2v) is 6.14. The smallest absolute Gasteiger partial charge is 0.229 e. The van der Waals surface area contributed by atoms with Crippen molar-refractivity contribution in [3.8, 4) is 11.6 Å². The van der Waals surface area contributed by atoms with Crippen LogP contribution in [0.3, 0.4) is 0 Å². The Morgan fingerprint density at radius 2 is 2.14 bits per heavy atom. The molecular formula is C15H12BrFN2OS. The van der Waals surface area contributed by atoms with E-state index in [1.807, 2.05) is 6.07 Å². The van der Waals surface area contributed by atoms with Gasteiger partial charge in [-0.05, 0) is 59.0 Å². The Labute approximate surface area is 135 Å². The van der Waals surface area contributed by atoms with Crippen molar-refractivity contribution in [1.29, 1.82) is 0 Å². The minimum atomic E-state index is -0.383. The molecule has 1 heterocycles. The number of nitrogens with zero attached hydrogens (tertiary/aromatic N) is 1. The first kappa shape index (κ1) is 14.4. The van der Waals surface area contributed by atoms with Crippen LogP contribution < -0.4 is 10.5 Å². The molecule has 3 rings (SSSR count). The number of benzene rings is 1. The quantitative estimate of drug-likeness (QED) is 0.836. The highest BCUT2D eigenvalue weighted by Gasteiger charge is 2.19. The van der Waals surface area contributed by atoms with E-state index in [1.54, 1.807) is 6.07 Å². The van der Waals surface area contributed by atoms with Crippen molar-refractivity contribution in [2.75, 3.05) is 0 Å². The van der Waals surface area contributed by atoms with E-state index in [-0.39, 0.29) is 10.8 Å². The lowest BCUT2D eigenvalue weighted by Gasteiger charge is -2.12. The number of hydrogen-bond donors (Lipinski definition) is 1. The molecule has 0 saturated carbocycles. The highest BCUT2D eigenvalue weighted by Crippen LogP contribution is 2.33. The first-order chi connectivity index (χ1) is 10.0. The maximum absolute atomic E-state index is 13.4. The van der Waals surface area contributed by atoms with Gasteiger partial charge < -0.3 is 10.5 Å². The SMILES string of the molecule is NC(=S)c1cc2c(nc1Oc1cc(F)ccc1Br)CCC2. The van der Waals surface area contributed by atoms with Gasteiger partial charge in [0.1, 0.15) is 16.6 Å². The number of fused-ring (bicyclic) bond motifs is 1. The molecule has 0 unspecified atom stereocenters. The second kappa shape index (κ2) is 5.69. The van der Waals surface area contributed by atoms with Crippen LogP contribution in [-0.2, 0) is 12.8 Å². The molecule has 21 heavy (non-hydrogen) atoms. The third kappa shape index (κ3) is 2.91.